The van der Waals surface area contributed by atoms with Crippen LogP contribution in [-0.2, 0) is 4.79 Å². The maximum atomic E-state index is 12.7. The van der Waals surface area contributed by atoms with E-state index in [1.807, 2.05) is 38.1 Å². The standard InChI is InChI=1S/C22H36N4O3.HI/c1-5-23-21(25-16-22(11-6-7-12-22)20(28)26(3)4)24-14-18(27)15-29-19-10-8-9-17(2)13-19;/h8-10,13,18,27H,5-7,11-12,14-16H2,1-4H3,(H2,23,24,25);1H. The Morgan fingerprint density at radius 3 is 2.60 bits per heavy atom. The number of aliphatic imine (C=N–C) groups is 1. The largest absolute Gasteiger partial charge is 0.491 e. The highest BCUT2D eigenvalue weighted by Crippen LogP contribution is 2.39. The van der Waals surface area contributed by atoms with Gasteiger partial charge in [-0.15, -0.1) is 24.0 Å². The maximum absolute atomic E-state index is 12.7. The van der Waals surface area contributed by atoms with Crippen molar-refractivity contribution in [2.75, 3.05) is 40.3 Å². The Morgan fingerprint density at radius 1 is 1.30 bits per heavy atom. The fraction of sp³-hybridized carbons (Fsp3) is 0.636. The van der Waals surface area contributed by atoms with E-state index in [0.29, 0.717) is 25.6 Å². The summed E-state index contributed by atoms with van der Waals surface area (Å²) >= 11 is 0. The minimum atomic E-state index is -0.678. The number of aryl methyl sites for hydroxylation is 1. The van der Waals surface area contributed by atoms with Gasteiger partial charge in [-0.25, -0.2) is 0 Å². The Labute approximate surface area is 197 Å². The summed E-state index contributed by atoms with van der Waals surface area (Å²) in [5, 5.41) is 16.6. The molecule has 0 bridgehead atoms. The first-order valence-electron chi connectivity index (χ1n) is 10.5. The zero-order chi connectivity index (χ0) is 21.3. The zero-order valence-electron chi connectivity index (χ0n) is 18.6. The summed E-state index contributed by atoms with van der Waals surface area (Å²) < 4.78 is 5.66. The molecule has 0 radical (unpaired) electrons. The number of carbonyl (C=O) groups excluding carboxylic acids is 1. The second kappa shape index (κ2) is 13.0. The van der Waals surface area contributed by atoms with Crippen LogP contribution in [0.1, 0.15) is 38.2 Å². The van der Waals surface area contributed by atoms with E-state index in [4.69, 9.17) is 4.74 Å². The van der Waals surface area contributed by atoms with E-state index in [9.17, 15) is 9.90 Å². The van der Waals surface area contributed by atoms with Gasteiger partial charge in [-0.05, 0) is 44.4 Å². The molecular weight excluding hydrogens is 495 g/mol. The Morgan fingerprint density at radius 2 is 2.00 bits per heavy atom. The van der Waals surface area contributed by atoms with Crippen LogP contribution in [0.2, 0.25) is 0 Å². The number of ether oxygens (including phenoxy) is 1. The number of aliphatic hydroxyl groups is 1. The number of amides is 1. The van der Waals surface area contributed by atoms with Crippen LogP contribution in [0.4, 0.5) is 0 Å². The third-order valence-corrected chi connectivity index (χ3v) is 5.24. The second-order valence-electron chi connectivity index (χ2n) is 8.04. The molecule has 0 aliphatic heterocycles. The summed E-state index contributed by atoms with van der Waals surface area (Å²) in [6, 6.07) is 7.75. The van der Waals surface area contributed by atoms with Crippen molar-refractivity contribution in [1.29, 1.82) is 0 Å². The normalized spacial score (nSPS) is 16.4. The summed E-state index contributed by atoms with van der Waals surface area (Å²) in [5.74, 6) is 1.51. The van der Waals surface area contributed by atoms with Gasteiger partial charge in [0.1, 0.15) is 18.5 Å². The van der Waals surface area contributed by atoms with Gasteiger partial charge in [-0.1, -0.05) is 25.0 Å². The van der Waals surface area contributed by atoms with Crippen molar-refractivity contribution in [2.45, 2.75) is 45.6 Å². The van der Waals surface area contributed by atoms with E-state index in [-0.39, 0.29) is 36.5 Å². The SMILES string of the molecule is CCNC(=NCC1(C(=O)N(C)C)CCCC1)NCC(O)COc1cccc(C)c1.I. The number of hydrogen-bond acceptors (Lipinski definition) is 4. The molecule has 0 spiro atoms. The molecule has 0 heterocycles. The van der Waals surface area contributed by atoms with Gasteiger partial charge in [0.25, 0.3) is 0 Å². The fourth-order valence-corrected chi connectivity index (χ4v) is 3.71. The molecule has 1 atom stereocenters. The van der Waals surface area contributed by atoms with Gasteiger partial charge in [0.2, 0.25) is 5.91 Å². The number of hydrogen-bond donors (Lipinski definition) is 3. The van der Waals surface area contributed by atoms with E-state index in [0.717, 1.165) is 37.0 Å². The Balaban J connectivity index is 0.00000450. The molecular formula is C22H37IN4O3. The molecule has 1 aliphatic carbocycles. The number of rotatable bonds is 9. The van der Waals surface area contributed by atoms with Gasteiger partial charge < -0.3 is 25.4 Å². The lowest BCUT2D eigenvalue weighted by Crippen LogP contribution is -2.45. The van der Waals surface area contributed by atoms with Crippen molar-refractivity contribution in [2.24, 2.45) is 10.4 Å². The molecule has 1 amide bonds. The molecule has 1 aromatic carbocycles. The lowest BCUT2D eigenvalue weighted by molar-refractivity contribution is -0.138. The minimum absolute atomic E-state index is 0. The molecule has 1 aromatic rings. The molecule has 8 heteroatoms. The number of nitrogens with zero attached hydrogens (tertiary/aromatic N) is 2. The summed E-state index contributed by atoms with van der Waals surface area (Å²) in [6.45, 7) is 5.66. The molecule has 0 saturated heterocycles. The fourth-order valence-electron chi connectivity index (χ4n) is 3.71. The average molecular weight is 532 g/mol. The Kier molecular flexibility index (Phi) is 11.5. The van der Waals surface area contributed by atoms with Crippen molar-refractivity contribution in [3.8, 4) is 5.75 Å². The van der Waals surface area contributed by atoms with E-state index in [1.165, 1.54) is 0 Å². The van der Waals surface area contributed by atoms with Crippen LogP contribution in [0.25, 0.3) is 0 Å². The van der Waals surface area contributed by atoms with Crippen molar-refractivity contribution < 1.29 is 14.6 Å². The van der Waals surface area contributed by atoms with Crippen molar-refractivity contribution >= 4 is 35.8 Å². The molecule has 30 heavy (non-hydrogen) atoms. The third kappa shape index (κ3) is 7.94. The molecule has 2 rings (SSSR count). The van der Waals surface area contributed by atoms with Crippen LogP contribution in [0.15, 0.2) is 29.3 Å². The summed E-state index contributed by atoms with van der Waals surface area (Å²) in [6.07, 6.45) is 3.20. The molecule has 170 valence electrons. The molecule has 1 unspecified atom stereocenters. The van der Waals surface area contributed by atoms with Crippen LogP contribution in [-0.4, -0.2) is 68.3 Å². The topological polar surface area (TPSA) is 86.2 Å². The lowest BCUT2D eigenvalue weighted by Gasteiger charge is -2.29. The summed E-state index contributed by atoms with van der Waals surface area (Å²) in [4.78, 5) is 19.0. The molecule has 1 saturated carbocycles. The monoisotopic (exact) mass is 532 g/mol. The minimum Gasteiger partial charge on any atom is -0.491 e. The van der Waals surface area contributed by atoms with Gasteiger partial charge in [-0.2, -0.15) is 0 Å². The zero-order valence-corrected chi connectivity index (χ0v) is 20.9. The van der Waals surface area contributed by atoms with Crippen LogP contribution in [0, 0.1) is 12.3 Å². The van der Waals surface area contributed by atoms with Gasteiger partial charge >= 0.3 is 0 Å². The van der Waals surface area contributed by atoms with Crippen molar-refractivity contribution in [3.63, 3.8) is 0 Å². The second-order valence-corrected chi connectivity index (χ2v) is 8.04. The molecule has 1 aliphatic rings. The van der Waals surface area contributed by atoms with Crippen LogP contribution >= 0.6 is 24.0 Å². The predicted molar refractivity (Wildman–Crippen MR) is 132 cm³/mol. The van der Waals surface area contributed by atoms with Gasteiger partial charge in [0, 0.05) is 27.2 Å². The number of nitrogens with one attached hydrogen (secondary N) is 2. The highest BCUT2D eigenvalue weighted by Gasteiger charge is 2.42. The number of aliphatic hydroxyl groups excluding tert-OH is 1. The molecule has 7 nitrogen and oxygen atoms in total. The van der Waals surface area contributed by atoms with E-state index < -0.39 is 11.5 Å². The third-order valence-electron chi connectivity index (χ3n) is 5.24. The van der Waals surface area contributed by atoms with Gasteiger partial charge in [0.15, 0.2) is 5.96 Å². The van der Waals surface area contributed by atoms with Crippen molar-refractivity contribution in [3.05, 3.63) is 29.8 Å². The lowest BCUT2D eigenvalue weighted by atomic mass is 9.85. The van der Waals surface area contributed by atoms with E-state index in [1.54, 1.807) is 19.0 Å². The van der Waals surface area contributed by atoms with Crippen LogP contribution in [0.5, 0.6) is 5.75 Å². The van der Waals surface area contributed by atoms with E-state index >= 15 is 0 Å². The van der Waals surface area contributed by atoms with Crippen LogP contribution < -0.4 is 15.4 Å². The Hall–Kier alpha value is -1.55. The molecule has 3 N–H and O–H groups in total. The summed E-state index contributed by atoms with van der Waals surface area (Å²) in [5.41, 5.74) is 0.712. The number of halogens is 1. The first kappa shape index (κ1) is 26.5. The number of carbonyl (C=O) groups is 1. The average Bonchev–Trinajstić information content (AvgIpc) is 3.18. The van der Waals surface area contributed by atoms with E-state index in [2.05, 4.69) is 15.6 Å². The molecule has 1 fully saturated rings. The maximum Gasteiger partial charge on any atom is 0.230 e. The first-order valence-corrected chi connectivity index (χ1v) is 10.5. The smallest absolute Gasteiger partial charge is 0.230 e. The highest BCUT2D eigenvalue weighted by molar-refractivity contribution is 14.0. The number of benzene rings is 1. The van der Waals surface area contributed by atoms with Crippen molar-refractivity contribution in [1.82, 2.24) is 15.5 Å². The first-order chi connectivity index (χ1) is 13.9. The quantitative estimate of drug-likeness (QED) is 0.259. The Bertz CT molecular complexity index is 691. The number of guanidine groups is 1. The molecule has 0 aromatic heterocycles. The van der Waals surface area contributed by atoms with Crippen LogP contribution in [0.3, 0.4) is 0 Å². The van der Waals surface area contributed by atoms with Gasteiger partial charge in [0.05, 0.1) is 12.0 Å². The van der Waals surface area contributed by atoms with Gasteiger partial charge in [-0.3, -0.25) is 9.79 Å². The summed E-state index contributed by atoms with van der Waals surface area (Å²) in [7, 11) is 3.61. The predicted octanol–water partition coefficient (Wildman–Crippen LogP) is 2.56. The highest BCUT2D eigenvalue weighted by atomic mass is 127.